The molecule has 1 heterocycles. The molecule has 0 saturated carbocycles. The van der Waals surface area contributed by atoms with Crippen LogP contribution in [0.3, 0.4) is 0 Å². The molecule has 0 aromatic heterocycles. The Morgan fingerprint density at radius 2 is 1.81 bits per heavy atom. The van der Waals surface area contributed by atoms with Gasteiger partial charge in [0.25, 0.3) is 0 Å². The van der Waals surface area contributed by atoms with Crippen LogP contribution in [0.15, 0.2) is 47.4 Å². The number of para-hydroxylation sites is 1. The highest BCUT2D eigenvalue weighted by atomic mass is 32.2. The maximum absolute atomic E-state index is 5.50. The molecule has 3 nitrogen and oxygen atoms in total. The first-order chi connectivity index (χ1) is 12.6. The van der Waals surface area contributed by atoms with E-state index in [0.717, 1.165) is 45.1 Å². The van der Waals surface area contributed by atoms with E-state index in [1.54, 1.807) is 0 Å². The molecule has 0 unspecified atom stereocenters. The topological polar surface area (TPSA) is 15.7 Å². The lowest BCUT2D eigenvalue weighted by Gasteiger charge is -2.31. The number of hydrogen-bond acceptors (Lipinski definition) is 4. The third-order valence-corrected chi connectivity index (χ3v) is 5.98. The minimum Gasteiger partial charge on any atom is -0.378 e. The summed E-state index contributed by atoms with van der Waals surface area (Å²) in [7, 11) is 2.22. The van der Waals surface area contributed by atoms with Crippen LogP contribution in [0.5, 0.6) is 0 Å². The molecule has 140 valence electrons. The number of ether oxygens (including phenoxy) is 1. The molecule has 2 aromatic rings. The fraction of sp³-hybridized carbons (Fsp3) is 0.455. The van der Waals surface area contributed by atoms with Crippen molar-refractivity contribution in [3.8, 4) is 0 Å². The van der Waals surface area contributed by atoms with Crippen molar-refractivity contribution < 1.29 is 4.74 Å². The Kier molecular flexibility index (Phi) is 7.00. The van der Waals surface area contributed by atoms with Crippen molar-refractivity contribution in [3.05, 3.63) is 59.2 Å². The molecule has 0 aliphatic carbocycles. The van der Waals surface area contributed by atoms with Gasteiger partial charge in [0, 0.05) is 42.5 Å². The molecule has 0 spiro atoms. The average molecular weight is 371 g/mol. The number of anilines is 1. The summed E-state index contributed by atoms with van der Waals surface area (Å²) in [6, 6.07) is 15.6. The van der Waals surface area contributed by atoms with E-state index in [9.17, 15) is 0 Å². The van der Waals surface area contributed by atoms with Crippen LogP contribution in [-0.4, -0.2) is 50.5 Å². The maximum atomic E-state index is 5.50. The summed E-state index contributed by atoms with van der Waals surface area (Å²) in [5.41, 5.74) is 5.52. The molecule has 1 aliphatic rings. The number of morpholine rings is 1. The maximum Gasteiger partial charge on any atom is 0.0642 e. The number of thioether (sulfide) groups is 1. The number of nitrogens with zero attached hydrogens (tertiary/aromatic N) is 2. The van der Waals surface area contributed by atoms with E-state index in [4.69, 9.17) is 4.74 Å². The molecule has 0 bridgehead atoms. The van der Waals surface area contributed by atoms with Gasteiger partial charge >= 0.3 is 0 Å². The summed E-state index contributed by atoms with van der Waals surface area (Å²) in [5, 5.41) is 0. The Labute approximate surface area is 162 Å². The SMILES string of the molecule is Cc1ccc(SCCN(C)Cc2ccccc2N2CCOCC2)cc1C. The van der Waals surface area contributed by atoms with Crippen LogP contribution in [0, 0.1) is 13.8 Å². The predicted molar refractivity (Wildman–Crippen MR) is 112 cm³/mol. The Bertz CT molecular complexity index is 713. The summed E-state index contributed by atoms with van der Waals surface area (Å²) >= 11 is 1.95. The Balaban J connectivity index is 1.53. The van der Waals surface area contributed by atoms with E-state index in [1.165, 1.54) is 27.3 Å². The van der Waals surface area contributed by atoms with Crippen LogP contribution in [0.4, 0.5) is 5.69 Å². The molecule has 26 heavy (non-hydrogen) atoms. The minimum atomic E-state index is 0.830. The van der Waals surface area contributed by atoms with Gasteiger partial charge in [0.2, 0.25) is 0 Å². The number of hydrogen-bond donors (Lipinski definition) is 0. The Morgan fingerprint density at radius 3 is 2.58 bits per heavy atom. The molecule has 0 atom stereocenters. The van der Waals surface area contributed by atoms with Gasteiger partial charge in [0.15, 0.2) is 0 Å². The van der Waals surface area contributed by atoms with Crippen molar-refractivity contribution in [2.75, 3.05) is 50.5 Å². The van der Waals surface area contributed by atoms with Crippen molar-refractivity contribution in [3.63, 3.8) is 0 Å². The molecular weight excluding hydrogens is 340 g/mol. The molecule has 0 N–H and O–H groups in total. The zero-order chi connectivity index (χ0) is 18.4. The van der Waals surface area contributed by atoms with Gasteiger partial charge in [-0.2, -0.15) is 0 Å². The summed E-state index contributed by atoms with van der Waals surface area (Å²) in [5.74, 6) is 1.11. The van der Waals surface area contributed by atoms with Crippen LogP contribution in [-0.2, 0) is 11.3 Å². The third-order valence-electron chi connectivity index (χ3n) is 5.00. The molecule has 1 saturated heterocycles. The molecule has 0 radical (unpaired) electrons. The first kappa shape index (κ1) is 19.3. The highest BCUT2D eigenvalue weighted by Crippen LogP contribution is 2.24. The van der Waals surface area contributed by atoms with E-state index >= 15 is 0 Å². The van der Waals surface area contributed by atoms with Crippen LogP contribution in [0.2, 0.25) is 0 Å². The molecular formula is C22H30N2OS. The van der Waals surface area contributed by atoms with E-state index in [-0.39, 0.29) is 0 Å². The fourth-order valence-electron chi connectivity index (χ4n) is 3.25. The monoisotopic (exact) mass is 370 g/mol. The highest BCUT2D eigenvalue weighted by Gasteiger charge is 2.15. The summed E-state index contributed by atoms with van der Waals surface area (Å²) < 4.78 is 5.50. The second-order valence-electron chi connectivity index (χ2n) is 7.06. The van der Waals surface area contributed by atoms with Gasteiger partial charge < -0.3 is 14.5 Å². The van der Waals surface area contributed by atoms with Crippen LogP contribution >= 0.6 is 11.8 Å². The van der Waals surface area contributed by atoms with Gasteiger partial charge in [-0.15, -0.1) is 11.8 Å². The van der Waals surface area contributed by atoms with Gasteiger partial charge in [0.1, 0.15) is 0 Å². The first-order valence-corrected chi connectivity index (χ1v) is 10.4. The fourth-order valence-corrected chi connectivity index (χ4v) is 4.31. The zero-order valence-corrected chi connectivity index (χ0v) is 17.0. The highest BCUT2D eigenvalue weighted by molar-refractivity contribution is 7.99. The predicted octanol–water partition coefficient (Wildman–Crippen LogP) is 4.36. The van der Waals surface area contributed by atoms with Crippen LogP contribution < -0.4 is 4.90 Å². The smallest absolute Gasteiger partial charge is 0.0642 e. The Hall–Kier alpha value is -1.49. The second-order valence-corrected chi connectivity index (χ2v) is 8.23. The first-order valence-electron chi connectivity index (χ1n) is 9.42. The van der Waals surface area contributed by atoms with Crippen molar-refractivity contribution in [1.29, 1.82) is 0 Å². The summed E-state index contributed by atoms with van der Waals surface area (Å²) in [6.07, 6.45) is 0. The summed E-state index contributed by atoms with van der Waals surface area (Å²) in [6.45, 7) is 10.1. The van der Waals surface area contributed by atoms with Gasteiger partial charge in [-0.3, -0.25) is 0 Å². The molecule has 0 amide bonds. The van der Waals surface area contributed by atoms with E-state index < -0.39 is 0 Å². The number of benzene rings is 2. The van der Waals surface area contributed by atoms with Crippen molar-refractivity contribution in [2.24, 2.45) is 0 Å². The number of aryl methyl sites for hydroxylation is 2. The third kappa shape index (κ3) is 5.26. The largest absolute Gasteiger partial charge is 0.378 e. The molecule has 3 rings (SSSR count). The Morgan fingerprint density at radius 1 is 1.04 bits per heavy atom. The molecule has 1 aliphatic heterocycles. The molecule has 1 fully saturated rings. The van der Waals surface area contributed by atoms with Gasteiger partial charge in [0.05, 0.1) is 13.2 Å². The average Bonchev–Trinajstić information content (AvgIpc) is 2.66. The lowest BCUT2D eigenvalue weighted by molar-refractivity contribution is 0.122. The van der Waals surface area contributed by atoms with Crippen molar-refractivity contribution in [2.45, 2.75) is 25.3 Å². The van der Waals surface area contributed by atoms with E-state index in [1.807, 2.05) is 11.8 Å². The normalized spacial score (nSPS) is 14.8. The number of rotatable bonds is 7. The van der Waals surface area contributed by atoms with Crippen molar-refractivity contribution >= 4 is 17.4 Å². The van der Waals surface area contributed by atoms with Crippen LogP contribution in [0.25, 0.3) is 0 Å². The quantitative estimate of drug-likeness (QED) is 0.673. The summed E-state index contributed by atoms with van der Waals surface area (Å²) in [4.78, 5) is 6.25. The zero-order valence-electron chi connectivity index (χ0n) is 16.2. The minimum absolute atomic E-state index is 0.830. The van der Waals surface area contributed by atoms with Gasteiger partial charge in [-0.05, 0) is 55.8 Å². The van der Waals surface area contributed by atoms with E-state index in [0.29, 0.717) is 0 Å². The lowest BCUT2D eigenvalue weighted by atomic mass is 10.1. The van der Waals surface area contributed by atoms with Gasteiger partial charge in [-0.25, -0.2) is 0 Å². The molecule has 2 aromatic carbocycles. The van der Waals surface area contributed by atoms with Gasteiger partial charge in [-0.1, -0.05) is 24.3 Å². The standard InChI is InChI=1S/C22H30N2OS/c1-18-8-9-21(16-19(18)2)26-15-12-23(3)17-20-6-4-5-7-22(20)24-10-13-25-14-11-24/h4-9,16H,10-15,17H2,1-3H3. The van der Waals surface area contributed by atoms with Crippen molar-refractivity contribution in [1.82, 2.24) is 4.90 Å². The van der Waals surface area contributed by atoms with E-state index in [2.05, 4.69) is 73.2 Å². The molecule has 4 heteroatoms. The van der Waals surface area contributed by atoms with Crippen LogP contribution in [0.1, 0.15) is 16.7 Å². The lowest BCUT2D eigenvalue weighted by Crippen LogP contribution is -2.37. The second kappa shape index (κ2) is 9.45.